The zero-order valence-corrected chi connectivity index (χ0v) is 10.5. The van der Waals surface area contributed by atoms with Crippen molar-refractivity contribution in [3.63, 3.8) is 0 Å². The van der Waals surface area contributed by atoms with Gasteiger partial charge in [-0.3, -0.25) is 4.79 Å². The number of hydrogen-bond acceptors (Lipinski definition) is 5. The van der Waals surface area contributed by atoms with Gasteiger partial charge in [0.05, 0.1) is 6.54 Å². The first-order chi connectivity index (χ1) is 8.22. The molecule has 6 nitrogen and oxygen atoms in total. The van der Waals surface area contributed by atoms with E-state index in [-0.39, 0.29) is 5.91 Å². The summed E-state index contributed by atoms with van der Waals surface area (Å²) in [7, 11) is 0. The number of nitrogens with zero attached hydrogens (tertiary/aromatic N) is 2. The van der Waals surface area contributed by atoms with Gasteiger partial charge in [0.25, 0.3) is 0 Å². The Balaban J connectivity index is 2.02. The number of amides is 1. The van der Waals surface area contributed by atoms with Gasteiger partial charge in [0, 0.05) is 19.5 Å². The molecule has 0 bridgehead atoms. The van der Waals surface area contributed by atoms with Crippen LogP contribution in [0.5, 0.6) is 0 Å². The number of aromatic nitrogens is 2. The zero-order valence-electron chi connectivity index (χ0n) is 10.5. The Bertz CT molecular complexity index is 338. The fraction of sp³-hybridized carbons (Fsp3) is 0.727. The SMILES string of the molecule is CCCCNC(=O)CNCCc1nc(C)no1. The van der Waals surface area contributed by atoms with Gasteiger partial charge in [-0.1, -0.05) is 18.5 Å². The Morgan fingerprint density at radius 2 is 2.24 bits per heavy atom. The molecular formula is C11H20N4O2. The molecule has 0 saturated heterocycles. The van der Waals surface area contributed by atoms with Crippen LogP contribution in [0, 0.1) is 6.92 Å². The third kappa shape index (κ3) is 6.01. The molecular weight excluding hydrogens is 220 g/mol. The second-order valence-electron chi connectivity index (χ2n) is 3.87. The summed E-state index contributed by atoms with van der Waals surface area (Å²) in [5.74, 6) is 1.26. The van der Waals surface area contributed by atoms with Gasteiger partial charge in [0.2, 0.25) is 11.8 Å². The molecule has 2 N–H and O–H groups in total. The Kier molecular flexibility index (Phi) is 6.24. The molecule has 1 aromatic rings. The summed E-state index contributed by atoms with van der Waals surface area (Å²) in [5, 5.41) is 9.55. The van der Waals surface area contributed by atoms with Crippen molar-refractivity contribution >= 4 is 5.91 Å². The van der Waals surface area contributed by atoms with Crippen LogP contribution in [0.25, 0.3) is 0 Å². The summed E-state index contributed by atoms with van der Waals surface area (Å²) in [6.07, 6.45) is 2.75. The number of carbonyl (C=O) groups excluding carboxylic acids is 1. The first-order valence-corrected chi connectivity index (χ1v) is 5.99. The maximum Gasteiger partial charge on any atom is 0.233 e. The average Bonchev–Trinajstić information content (AvgIpc) is 2.71. The van der Waals surface area contributed by atoms with Gasteiger partial charge < -0.3 is 15.2 Å². The fourth-order valence-electron chi connectivity index (χ4n) is 1.31. The predicted octanol–water partition coefficient (Wildman–Crippen LogP) is 0.426. The molecule has 0 radical (unpaired) electrons. The normalized spacial score (nSPS) is 10.5. The largest absolute Gasteiger partial charge is 0.355 e. The topological polar surface area (TPSA) is 80.0 Å². The number of nitrogens with one attached hydrogen (secondary N) is 2. The van der Waals surface area contributed by atoms with E-state index in [2.05, 4.69) is 27.7 Å². The van der Waals surface area contributed by atoms with Crippen LogP contribution in [0.15, 0.2) is 4.52 Å². The minimum atomic E-state index is 0.0279. The number of hydrogen-bond donors (Lipinski definition) is 2. The average molecular weight is 240 g/mol. The van der Waals surface area contributed by atoms with Gasteiger partial charge in [0.1, 0.15) is 0 Å². The van der Waals surface area contributed by atoms with E-state index in [9.17, 15) is 4.79 Å². The Morgan fingerprint density at radius 3 is 2.88 bits per heavy atom. The van der Waals surface area contributed by atoms with Crippen molar-refractivity contribution in [2.45, 2.75) is 33.1 Å². The van der Waals surface area contributed by atoms with E-state index in [1.165, 1.54) is 0 Å². The molecule has 1 rings (SSSR count). The van der Waals surface area contributed by atoms with Crippen molar-refractivity contribution < 1.29 is 9.32 Å². The Hall–Kier alpha value is -1.43. The van der Waals surface area contributed by atoms with E-state index < -0.39 is 0 Å². The third-order valence-electron chi connectivity index (χ3n) is 2.22. The highest BCUT2D eigenvalue weighted by Gasteiger charge is 2.03. The molecule has 96 valence electrons. The van der Waals surface area contributed by atoms with E-state index in [0.717, 1.165) is 19.4 Å². The first-order valence-electron chi connectivity index (χ1n) is 5.99. The monoisotopic (exact) mass is 240 g/mol. The molecule has 6 heteroatoms. The van der Waals surface area contributed by atoms with Crippen LogP contribution in [0.3, 0.4) is 0 Å². The molecule has 17 heavy (non-hydrogen) atoms. The van der Waals surface area contributed by atoms with Gasteiger partial charge in [-0.2, -0.15) is 4.98 Å². The number of aryl methyl sites for hydroxylation is 1. The first kappa shape index (κ1) is 13.6. The van der Waals surface area contributed by atoms with Crippen LogP contribution in [0.4, 0.5) is 0 Å². The van der Waals surface area contributed by atoms with Crippen LogP contribution in [0.1, 0.15) is 31.5 Å². The lowest BCUT2D eigenvalue weighted by molar-refractivity contribution is -0.120. The highest BCUT2D eigenvalue weighted by Crippen LogP contribution is 1.95. The quantitative estimate of drug-likeness (QED) is 0.644. The highest BCUT2D eigenvalue weighted by atomic mass is 16.5. The summed E-state index contributed by atoms with van der Waals surface area (Å²) < 4.78 is 4.95. The van der Waals surface area contributed by atoms with E-state index in [1.807, 2.05) is 0 Å². The van der Waals surface area contributed by atoms with E-state index in [4.69, 9.17) is 4.52 Å². The summed E-state index contributed by atoms with van der Waals surface area (Å²) in [6, 6.07) is 0. The van der Waals surface area contributed by atoms with Crippen molar-refractivity contribution in [2.24, 2.45) is 0 Å². The van der Waals surface area contributed by atoms with Crippen LogP contribution in [-0.4, -0.2) is 35.7 Å². The Labute approximate surface area is 101 Å². The van der Waals surface area contributed by atoms with Gasteiger partial charge in [-0.05, 0) is 13.3 Å². The van der Waals surface area contributed by atoms with Crippen molar-refractivity contribution in [1.82, 2.24) is 20.8 Å². The van der Waals surface area contributed by atoms with Gasteiger partial charge in [0.15, 0.2) is 5.82 Å². The van der Waals surface area contributed by atoms with E-state index in [0.29, 0.717) is 31.2 Å². The van der Waals surface area contributed by atoms with Crippen molar-refractivity contribution in [3.05, 3.63) is 11.7 Å². The fourth-order valence-corrected chi connectivity index (χ4v) is 1.31. The molecule has 0 aliphatic carbocycles. The molecule has 0 fully saturated rings. The molecule has 1 amide bonds. The lowest BCUT2D eigenvalue weighted by Crippen LogP contribution is -2.35. The van der Waals surface area contributed by atoms with Gasteiger partial charge >= 0.3 is 0 Å². The van der Waals surface area contributed by atoms with E-state index in [1.54, 1.807) is 6.92 Å². The maximum atomic E-state index is 11.3. The second-order valence-corrected chi connectivity index (χ2v) is 3.87. The predicted molar refractivity (Wildman–Crippen MR) is 63.5 cm³/mol. The summed E-state index contributed by atoms with van der Waals surface area (Å²) in [5.41, 5.74) is 0. The van der Waals surface area contributed by atoms with E-state index >= 15 is 0 Å². The van der Waals surface area contributed by atoms with Crippen molar-refractivity contribution in [3.8, 4) is 0 Å². The van der Waals surface area contributed by atoms with Crippen LogP contribution in [0.2, 0.25) is 0 Å². The molecule has 1 aromatic heterocycles. The lowest BCUT2D eigenvalue weighted by Gasteiger charge is -2.04. The third-order valence-corrected chi connectivity index (χ3v) is 2.22. The molecule has 0 atom stereocenters. The van der Waals surface area contributed by atoms with Gasteiger partial charge in [-0.15, -0.1) is 0 Å². The molecule has 0 unspecified atom stereocenters. The molecule has 0 spiro atoms. The maximum absolute atomic E-state index is 11.3. The lowest BCUT2D eigenvalue weighted by atomic mass is 10.3. The van der Waals surface area contributed by atoms with Crippen LogP contribution < -0.4 is 10.6 Å². The van der Waals surface area contributed by atoms with Gasteiger partial charge in [-0.25, -0.2) is 0 Å². The molecule has 1 heterocycles. The summed E-state index contributed by atoms with van der Waals surface area (Å²) in [4.78, 5) is 15.4. The number of unbranched alkanes of at least 4 members (excludes halogenated alkanes) is 1. The molecule has 0 aliphatic rings. The minimum absolute atomic E-state index is 0.0279. The standard InChI is InChI=1S/C11H20N4O2/c1-3-4-6-13-10(16)8-12-7-5-11-14-9(2)15-17-11/h12H,3-8H2,1-2H3,(H,13,16). The number of carbonyl (C=O) groups is 1. The Morgan fingerprint density at radius 1 is 1.41 bits per heavy atom. The summed E-state index contributed by atoms with van der Waals surface area (Å²) >= 11 is 0. The van der Waals surface area contributed by atoms with Crippen LogP contribution in [-0.2, 0) is 11.2 Å². The molecule has 0 saturated carbocycles. The highest BCUT2D eigenvalue weighted by molar-refractivity contribution is 5.77. The number of rotatable bonds is 8. The van der Waals surface area contributed by atoms with Crippen molar-refractivity contribution in [2.75, 3.05) is 19.6 Å². The second kappa shape index (κ2) is 7.78. The zero-order chi connectivity index (χ0) is 12.5. The molecule has 0 aliphatic heterocycles. The van der Waals surface area contributed by atoms with Crippen LogP contribution >= 0.6 is 0 Å². The van der Waals surface area contributed by atoms with Crippen molar-refractivity contribution in [1.29, 1.82) is 0 Å². The minimum Gasteiger partial charge on any atom is -0.355 e. The smallest absolute Gasteiger partial charge is 0.233 e. The summed E-state index contributed by atoms with van der Waals surface area (Å²) in [6.45, 7) is 5.61. The molecule has 0 aromatic carbocycles.